The summed E-state index contributed by atoms with van der Waals surface area (Å²) >= 11 is 6.01. The van der Waals surface area contributed by atoms with E-state index in [1.807, 2.05) is 73.6 Å². The van der Waals surface area contributed by atoms with Gasteiger partial charge >= 0.3 is 0 Å². The van der Waals surface area contributed by atoms with Gasteiger partial charge in [-0.1, -0.05) is 23.7 Å². The molecule has 0 spiro atoms. The molecule has 3 aromatic rings. The second-order valence-electron chi connectivity index (χ2n) is 6.13. The molecule has 1 amide bonds. The molecule has 132 valence electrons. The summed E-state index contributed by atoms with van der Waals surface area (Å²) in [6.07, 6.45) is 1.73. The highest BCUT2D eigenvalue weighted by molar-refractivity contribution is 6.30. The molecule has 0 aliphatic rings. The number of amides is 1. The van der Waals surface area contributed by atoms with E-state index in [1.165, 1.54) is 0 Å². The number of benzene rings is 2. The molecule has 0 bridgehead atoms. The minimum Gasteiger partial charge on any atom is -0.378 e. The summed E-state index contributed by atoms with van der Waals surface area (Å²) in [5.41, 5.74) is 3.20. The highest BCUT2D eigenvalue weighted by atomic mass is 35.5. The Bertz CT molecular complexity index is 879. The van der Waals surface area contributed by atoms with Crippen molar-refractivity contribution in [2.45, 2.75) is 6.54 Å². The zero-order chi connectivity index (χ0) is 18.5. The maximum absolute atomic E-state index is 13.3. The number of pyridine rings is 1. The smallest absolute Gasteiger partial charge is 0.258 e. The summed E-state index contributed by atoms with van der Waals surface area (Å²) in [4.78, 5) is 21.3. The van der Waals surface area contributed by atoms with Gasteiger partial charge in [0, 0.05) is 42.3 Å². The van der Waals surface area contributed by atoms with Crippen molar-refractivity contribution >= 4 is 28.9 Å². The fourth-order valence-electron chi connectivity index (χ4n) is 2.63. The van der Waals surface area contributed by atoms with Gasteiger partial charge in [0.1, 0.15) is 0 Å². The van der Waals surface area contributed by atoms with Gasteiger partial charge in [-0.05, 0) is 54.6 Å². The molecular weight excluding hydrogens is 346 g/mol. The lowest BCUT2D eigenvalue weighted by molar-refractivity contribution is 0.0985. The normalized spacial score (nSPS) is 10.4. The average Bonchev–Trinajstić information content (AvgIpc) is 2.67. The fourth-order valence-corrected chi connectivity index (χ4v) is 2.75. The average molecular weight is 366 g/mol. The molecule has 0 N–H and O–H groups in total. The maximum atomic E-state index is 13.3. The molecule has 26 heavy (non-hydrogen) atoms. The second kappa shape index (κ2) is 8.02. The molecule has 4 nitrogen and oxygen atoms in total. The van der Waals surface area contributed by atoms with E-state index < -0.39 is 0 Å². The Balaban J connectivity index is 1.98. The first-order valence-electron chi connectivity index (χ1n) is 8.29. The van der Waals surface area contributed by atoms with Crippen molar-refractivity contribution in [1.82, 2.24) is 4.98 Å². The highest BCUT2D eigenvalue weighted by Gasteiger charge is 2.19. The lowest BCUT2D eigenvalue weighted by Gasteiger charge is -2.23. The molecule has 0 aliphatic carbocycles. The third-order valence-corrected chi connectivity index (χ3v) is 4.29. The van der Waals surface area contributed by atoms with Crippen LogP contribution in [0.3, 0.4) is 0 Å². The van der Waals surface area contributed by atoms with Gasteiger partial charge in [0.05, 0.1) is 12.2 Å². The van der Waals surface area contributed by atoms with Gasteiger partial charge < -0.3 is 9.80 Å². The van der Waals surface area contributed by atoms with Crippen LogP contribution in [0.5, 0.6) is 0 Å². The van der Waals surface area contributed by atoms with E-state index >= 15 is 0 Å². The third-order valence-electron chi connectivity index (χ3n) is 4.04. The predicted molar refractivity (Wildman–Crippen MR) is 107 cm³/mol. The van der Waals surface area contributed by atoms with Crippen LogP contribution in [0.25, 0.3) is 0 Å². The number of rotatable bonds is 5. The van der Waals surface area contributed by atoms with Crippen LogP contribution in [-0.4, -0.2) is 25.0 Å². The van der Waals surface area contributed by atoms with Crippen LogP contribution in [-0.2, 0) is 6.54 Å². The summed E-state index contributed by atoms with van der Waals surface area (Å²) in [5.74, 6) is -0.0818. The van der Waals surface area contributed by atoms with Crippen LogP contribution in [0.1, 0.15) is 16.1 Å². The first-order chi connectivity index (χ1) is 12.5. The zero-order valence-electron chi connectivity index (χ0n) is 14.8. The number of hydrogen-bond donors (Lipinski definition) is 0. The fraction of sp³-hybridized carbons (Fsp3) is 0.143. The van der Waals surface area contributed by atoms with E-state index in [-0.39, 0.29) is 5.91 Å². The van der Waals surface area contributed by atoms with Crippen molar-refractivity contribution in [3.8, 4) is 0 Å². The zero-order valence-corrected chi connectivity index (χ0v) is 15.5. The highest BCUT2D eigenvalue weighted by Crippen LogP contribution is 2.23. The Labute approximate surface area is 158 Å². The van der Waals surface area contributed by atoms with E-state index in [0.29, 0.717) is 17.1 Å². The van der Waals surface area contributed by atoms with Crippen LogP contribution < -0.4 is 9.80 Å². The summed E-state index contributed by atoms with van der Waals surface area (Å²) in [6, 6.07) is 20.5. The van der Waals surface area contributed by atoms with Gasteiger partial charge in [-0.25, -0.2) is 0 Å². The molecular formula is C21H20ClN3O. The van der Waals surface area contributed by atoms with Gasteiger partial charge in [0.2, 0.25) is 0 Å². The number of anilines is 2. The molecule has 0 radical (unpaired) electrons. The van der Waals surface area contributed by atoms with Crippen molar-refractivity contribution < 1.29 is 4.79 Å². The van der Waals surface area contributed by atoms with Crippen LogP contribution >= 0.6 is 11.6 Å². The minimum atomic E-state index is -0.0818. The maximum Gasteiger partial charge on any atom is 0.258 e. The summed E-state index contributed by atoms with van der Waals surface area (Å²) in [7, 11) is 3.91. The molecule has 0 saturated heterocycles. The topological polar surface area (TPSA) is 36.4 Å². The molecule has 0 aliphatic heterocycles. The minimum absolute atomic E-state index is 0.0818. The van der Waals surface area contributed by atoms with Crippen LogP contribution in [0.4, 0.5) is 11.4 Å². The van der Waals surface area contributed by atoms with Crippen LogP contribution in [0.15, 0.2) is 72.9 Å². The van der Waals surface area contributed by atoms with Gasteiger partial charge in [-0.2, -0.15) is 0 Å². The summed E-state index contributed by atoms with van der Waals surface area (Å²) in [6.45, 7) is 0.382. The van der Waals surface area contributed by atoms with Crippen molar-refractivity contribution in [3.05, 3.63) is 89.2 Å². The molecule has 0 unspecified atom stereocenters. The molecule has 5 heteroatoms. The largest absolute Gasteiger partial charge is 0.378 e. The number of aromatic nitrogens is 1. The number of nitrogens with zero attached hydrogens (tertiary/aromatic N) is 3. The Kier molecular flexibility index (Phi) is 5.54. The van der Waals surface area contributed by atoms with E-state index in [2.05, 4.69) is 4.98 Å². The van der Waals surface area contributed by atoms with Gasteiger partial charge in [0.15, 0.2) is 0 Å². The predicted octanol–water partition coefficient (Wildman–Crippen LogP) is 4.65. The van der Waals surface area contributed by atoms with Crippen molar-refractivity contribution in [3.63, 3.8) is 0 Å². The van der Waals surface area contributed by atoms with Crippen molar-refractivity contribution in [2.75, 3.05) is 23.9 Å². The van der Waals surface area contributed by atoms with E-state index in [4.69, 9.17) is 11.6 Å². The Morgan fingerprint density at radius 3 is 2.38 bits per heavy atom. The number of halogens is 1. The molecule has 0 fully saturated rings. The first kappa shape index (κ1) is 18.0. The first-order valence-corrected chi connectivity index (χ1v) is 8.67. The standard InChI is InChI=1S/C21H20ClN3O/c1-24(2)20-8-5-6-16(14-20)21(26)25(15-18-7-3-4-13-23-18)19-11-9-17(22)10-12-19/h3-14H,15H2,1-2H3. The van der Waals surface area contributed by atoms with Gasteiger partial charge in [-0.3, -0.25) is 9.78 Å². The number of carbonyl (C=O) groups excluding carboxylic acids is 1. The van der Waals surface area contributed by atoms with E-state index in [0.717, 1.165) is 17.1 Å². The molecule has 2 aromatic carbocycles. The molecule has 0 saturated carbocycles. The van der Waals surface area contributed by atoms with Crippen molar-refractivity contribution in [1.29, 1.82) is 0 Å². The monoisotopic (exact) mass is 365 g/mol. The SMILES string of the molecule is CN(C)c1cccc(C(=O)N(Cc2ccccn2)c2ccc(Cl)cc2)c1. The van der Waals surface area contributed by atoms with E-state index in [1.54, 1.807) is 23.2 Å². The third kappa shape index (κ3) is 4.21. The Morgan fingerprint density at radius 2 is 1.73 bits per heavy atom. The summed E-state index contributed by atoms with van der Waals surface area (Å²) < 4.78 is 0. The van der Waals surface area contributed by atoms with Gasteiger partial charge in [-0.15, -0.1) is 0 Å². The Morgan fingerprint density at radius 1 is 0.962 bits per heavy atom. The lowest BCUT2D eigenvalue weighted by Crippen LogP contribution is -2.31. The molecule has 3 rings (SSSR count). The van der Waals surface area contributed by atoms with E-state index in [9.17, 15) is 4.79 Å². The van der Waals surface area contributed by atoms with Crippen LogP contribution in [0.2, 0.25) is 5.02 Å². The number of hydrogen-bond acceptors (Lipinski definition) is 3. The molecule has 1 heterocycles. The second-order valence-corrected chi connectivity index (χ2v) is 6.57. The lowest BCUT2D eigenvalue weighted by atomic mass is 10.1. The molecule has 0 atom stereocenters. The quantitative estimate of drug-likeness (QED) is 0.660. The summed E-state index contributed by atoms with van der Waals surface area (Å²) in [5, 5.41) is 0.633. The van der Waals surface area contributed by atoms with Gasteiger partial charge in [0.25, 0.3) is 5.91 Å². The van der Waals surface area contributed by atoms with Crippen molar-refractivity contribution in [2.24, 2.45) is 0 Å². The molecule has 1 aromatic heterocycles. The Hall–Kier alpha value is -2.85. The number of carbonyl (C=O) groups is 1. The van der Waals surface area contributed by atoms with Crippen LogP contribution in [0, 0.1) is 0 Å².